The van der Waals surface area contributed by atoms with Gasteiger partial charge in [-0.2, -0.15) is 0 Å². The fourth-order valence-electron chi connectivity index (χ4n) is 1.60. The average Bonchev–Trinajstić information content (AvgIpc) is 2.33. The maximum absolute atomic E-state index is 12.9. The van der Waals surface area contributed by atoms with Crippen LogP contribution in [0.2, 0.25) is 5.15 Å². The van der Waals surface area contributed by atoms with E-state index < -0.39 is 11.7 Å². The van der Waals surface area contributed by atoms with E-state index in [4.69, 9.17) is 17.3 Å². The molecule has 0 atom stereocenters. The van der Waals surface area contributed by atoms with E-state index in [2.05, 4.69) is 10.3 Å². The van der Waals surface area contributed by atoms with Crippen molar-refractivity contribution < 1.29 is 9.18 Å². The van der Waals surface area contributed by atoms with E-state index in [0.29, 0.717) is 5.69 Å². The number of amides is 1. The second kappa shape index (κ2) is 5.24. The van der Waals surface area contributed by atoms with Crippen molar-refractivity contribution in [3.63, 3.8) is 0 Å². The number of aryl methyl sites for hydroxylation is 1. The van der Waals surface area contributed by atoms with Gasteiger partial charge in [0.05, 0.1) is 11.3 Å². The number of anilines is 2. The van der Waals surface area contributed by atoms with Crippen LogP contribution in [0.4, 0.5) is 15.8 Å². The number of carbonyl (C=O) groups excluding carboxylic acids is 1. The summed E-state index contributed by atoms with van der Waals surface area (Å²) < 4.78 is 12.9. The lowest BCUT2D eigenvalue weighted by Crippen LogP contribution is -2.15. The number of hydrogen-bond acceptors (Lipinski definition) is 3. The monoisotopic (exact) mass is 279 g/mol. The number of rotatable bonds is 2. The Balaban J connectivity index is 2.31. The van der Waals surface area contributed by atoms with E-state index in [1.54, 1.807) is 19.2 Å². The molecule has 1 aromatic heterocycles. The standard InChI is InChI=1S/C13H11ClFN3O/c1-7-4-5-17-12(14)11(7)18-13(19)9-3-2-8(15)6-10(9)16/h2-6H,16H2,1H3,(H,18,19). The van der Waals surface area contributed by atoms with Crippen molar-refractivity contribution in [1.82, 2.24) is 4.98 Å². The van der Waals surface area contributed by atoms with Gasteiger partial charge >= 0.3 is 0 Å². The number of carbonyl (C=O) groups is 1. The first kappa shape index (κ1) is 13.3. The number of pyridine rings is 1. The van der Waals surface area contributed by atoms with Crippen LogP contribution in [0.15, 0.2) is 30.5 Å². The molecule has 19 heavy (non-hydrogen) atoms. The van der Waals surface area contributed by atoms with Crippen LogP contribution in [0, 0.1) is 12.7 Å². The molecule has 2 aromatic rings. The predicted octanol–water partition coefficient (Wildman–Crippen LogP) is 3.02. The van der Waals surface area contributed by atoms with Gasteiger partial charge in [0.1, 0.15) is 5.82 Å². The van der Waals surface area contributed by atoms with Crippen LogP contribution in [-0.4, -0.2) is 10.9 Å². The molecular weight excluding hydrogens is 269 g/mol. The van der Waals surface area contributed by atoms with Crippen molar-refractivity contribution in [2.75, 3.05) is 11.1 Å². The molecule has 0 aliphatic rings. The molecule has 3 N–H and O–H groups in total. The van der Waals surface area contributed by atoms with Gasteiger partial charge in [-0.25, -0.2) is 9.37 Å². The van der Waals surface area contributed by atoms with Gasteiger partial charge in [-0.05, 0) is 36.8 Å². The summed E-state index contributed by atoms with van der Waals surface area (Å²) in [4.78, 5) is 15.9. The van der Waals surface area contributed by atoms with Crippen LogP contribution in [0.3, 0.4) is 0 Å². The number of aromatic nitrogens is 1. The highest BCUT2D eigenvalue weighted by atomic mass is 35.5. The highest BCUT2D eigenvalue weighted by Crippen LogP contribution is 2.24. The second-order valence-electron chi connectivity index (χ2n) is 3.98. The Kier molecular flexibility index (Phi) is 3.66. The quantitative estimate of drug-likeness (QED) is 0.656. The minimum Gasteiger partial charge on any atom is -0.398 e. The SMILES string of the molecule is Cc1ccnc(Cl)c1NC(=O)c1ccc(F)cc1N. The largest absolute Gasteiger partial charge is 0.398 e. The number of nitrogens with one attached hydrogen (secondary N) is 1. The summed E-state index contributed by atoms with van der Waals surface area (Å²) in [5, 5.41) is 2.81. The van der Waals surface area contributed by atoms with E-state index in [0.717, 1.165) is 11.6 Å². The van der Waals surface area contributed by atoms with Crippen LogP contribution in [0.5, 0.6) is 0 Å². The molecule has 0 aliphatic heterocycles. The zero-order chi connectivity index (χ0) is 14.0. The van der Waals surface area contributed by atoms with Gasteiger partial charge in [0, 0.05) is 11.9 Å². The zero-order valence-corrected chi connectivity index (χ0v) is 10.8. The molecule has 6 heteroatoms. The van der Waals surface area contributed by atoms with Gasteiger partial charge in [0.25, 0.3) is 5.91 Å². The van der Waals surface area contributed by atoms with Gasteiger partial charge in [-0.1, -0.05) is 11.6 Å². The third-order valence-corrected chi connectivity index (χ3v) is 2.90. The fourth-order valence-corrected chi connectivity index (χ4v) is 1.85. The fraction of sp³-hybridized carbons (Fsp3) is 0.0769. The van der Waals surface area contributed by atoms with Gasteiger partial charge in [-0.3, -0.25) is 4.79 Å². The van der Waals surface area contributed by atoms with Crippen molar-refractivity contribution in [2.45, 2.75) is 6.92 Å². The first-order chi connectivity index (χ1) is 8.99. The summed E-state index contributed by atoms with van der Waals surface area (Å²) in [5.74, 6) is -0.958. The van der Waals surface area contributed by atoms with Crippen LogP contribution >= 0.6 is 11.6 Å². The molecule has 0 fully saturated rings. The summed E-state index contributed by atoms with van der Waals surface area (Å²) in [6.07, 6.45) is 1.54. The number of nitrogen functional groups attached to an aromatic ring is 1. The maximum Gasteiger partial charge on any atom is 0.257 e. The number of nitrogens with two attached hydrogens (primary N) is 1. The molecule has 98 valence electrons. The highest BCUT2D eigenvalue weighted by Gasteiger charge is 2.14. The van der Waals surface area contributed by atoms with Gasteiger partial charge in [0.2, 0.25) is 0 Å². The number of hydrogen-bond donors (Lipinski definition) is 2. The molecule has 1 aromatic carbocycles. The summed E-state index contributed by atoms with van der Waals surface area (Å²) in [7, 11) is 0. The van der Waals surface area contributed by atoms with E-state index in [-0.39, 0.29) is 16.4 Å². The van der Waals surface area contributed by atoms with Crippen LogP contribution in [0.1, 0.15) is 15.9 Å². The second-order valence-corrected chi connectivity index (χ2v) is 4.34. The predicted molar refractivity (Wildman–Crippen MR) is 72.7 cm³/mol. The topological polar surface area (TPSA) is 68.0 Å². The first-order valence-electron chi connectivity index (χ1n) is 5.46. The van der Waals surface area contributed by atoms with Crippen molar-refractivity contribution in [1.29, 1.82) is 0 Å². The summed E-state index contributed by atoms with van der Waals surface area (Å²) >= 11 is 5.91. The van der Waals surface area contributed by atoms with E-state index in [1.807, 2.05) is 0 Å². The molecule has 2 rings (SSSR count). The Labute approximate surface area is 114 Å². The molecular formula is C13H11ClFN3O. The van der Waals surface area contributed by atoms with Crippen LogP contribution in [0.25, 0.3) is 0 Å². The van der Waals surface area contributed by atoms with Gasteiger partial charge in [0.15, 0.2) is 5.15 Å². The van der Waals surface area contributed by atoms with Crippen molar-refractivity contribution in [3.05, 3.63) is 52.6 Å². The molecule has 0 spiro atoms. The lowest BCUT2D eigenvalue weighted by atomic mass is 10.1. The van der Waals surface area contributed by atoms with E-state index in [1.165, 1.54) is 12.1 Å². The average molecular weight is 280 g/mol. The van der Waals surface area contributed by atoms with E-state index in [9.17, 15) is 9.18 Å². The molecule has 0 unspecified atom stereocenters. The molecule has 0 radical (unpaired) electrons. The molecule has 1 heterocycles. The maximum atomic E-state index is 12.9. The van der Waals surface area contributed by atoms with Crippen molar-refractivity contribution in [3.8, 4) is 0 Å². The molecule has 4 nitrogen and oxygen atoms in total. The molecule has 1 amide bonds. The third kappa shape index (κ3) is 2.82. The van der Waals surface area contributed by atoms with Crippen molar-refractivity contribution >= 4 is 28.9 Å². The Morgan fingerprint density at radius 3 is 2.79 bits per heavy atom. The Bertz CT molecular complexity index is 626. The van der Waals surface area contributed by atoms with Crippen LogP contribution in [-0.2, 0) is 0 Å². The zero-order valence-electron chi connectivity index (χ0n) is 10.1. The molecule has 0 bridgehead atoms. The number of nitrogens with zero attached hydrogens (tertiary/aromatic N) is 1. The molecule has 0 saturated carbocycles. The van der Waals surface area contributed by atoms with E-state index >= 15 is 0 Å². The lowest BCUT2D eigenvalue weighted by molar-refractivity contribution is 0.102. The Morgan fingerprint density at radius 1 is 1.42 bits per heavy atom. The van der Waals surface area contributed by atoms with Gasteiger partial charge < -0.3 is 11.1 Å². The smallest absolute Gasteiger partial charge is 0.257 e. The molecule has 0 aliphatic carbocycles. The van der Waals surface area contributed by atoms with Crippen molar-refractivity contribution in [2.24, 2.45) is 0 Å². The minimum atomic E-state index is -0.496. The normalized spacial score (nSPS) is 10.3. The number of halogens is 2. The molecule has 0 saturated heterocycles. The first-order valence-corrected chi connectivity index (χ1v) is 5.84. The highest BCUT2D eigenvalue weighted by molar-refractivity contribution is 6.33. The number of benzene rings is 1. The Hall–Kier alpha value is -2.14. The summed E-state index contributed by atoms with van der Waals surface area (Å²) in [6.45, 7) is 1.79. The summed E-state index contributed by atoms with van der Waals surface area (Å²) in [5.41, 5.74) is 7.04. The summed E-state index contributed by atoms with van der Waals surface area (Å²) in [6, 6.07) is 5.30. The lowest BCUT2D eigenvalue weighted by Gasteiger charge is -2.10. The van der Waals surface area contributed by atoms with Crippen LogP contribution < -0.4 is 11.1 Å². The van der Waals surface area contributed by atoms with Gasteiger partial charge in [-0.15, -0.1) is 0 Å². The minimum absolute atomic E-state index is 0.0650. The Morgan fingerprint density at radius 2 is 2.16 bits per heavy atom. The third-order valence-electron chi connectivity index (χ3n) is 2.61.